The highest BCUT2D eigenvalue weighted by Crippen LogP contribution is 2.27. The van der Waals surface area contributed by atoms with Crippen molar-refractivity contribution in [3.63, 3.8) is 0 Å². The minimum Gasteiger partial charge on any atom is -0.496 e. The molecule has 0 radical (unpaired) electrons. The Morgan fingerprint density at radius 3 is 2.38 bits per heavy atom. The van der Waals surface area contributed by atoms with E-state index in [1.54, 1.807) is 24.3 Å². The normalized spacial score (nSPS) is 11.0. The molecule has 2 rings (SSSR count). The summed E-state index contributed by atoms with van der Waals surface area (Å²) in [4.78, 5) is 12.2. The van der Waals surface area contributed by atoms with Crippen molar-refractivity contribution < 1.29 is 22.7 Å². The molecule has 24 heavy (non-hydrogen) atoms. The first-order chi connectivity index (χ1) is 11.3. The number of amides is 1. The maximum Gasteiger partial charge on any atom is 0.238 e. The third kappa shape index (κ3) is 4.24. The number of rotatable bonds is 6. The zero-order valence-electron chi connectivity index (χ0n) is 13.3. The van der Waals surface area contributed by atoms with E-state index < -0.39 is 10.0 Å². The van der Waals surface area contributed by atoms with Gasteiger partial charge in [0.2, 0.25) is 15.9 Å². The predicted molar refractivity (Wildman–Crippen MR) is 89.7 cm³/mol. The fourth-order valence-corrected chi connectivity index (χ4v) is 2.72. The van der Waals surface area contributed by atoms with Crippen LogP contribution in [0.5, 0.6) is 11.5 Å². The van der Waals surface area contributed by atoms with Crippen LogP contribution in [-0.2, 0) is 21.2 Å². The van der Waals surface area contributed by atoms with Gasteiger partial charge in [-0.15, -0.1) is 0 Å². The van der Waals surface area contributed by atoms with Crippen LogP contribution in [0.15, 0.2) is 47.4 Å². The van der Waals surface area contributed by atoms with Crippen molar-refractivity contribution in [1.29, 1.82) is 0 Å². The maximum absolute atomic E-state index is 12.3. The lowest BCUT2D eigenvalue weighted by molar-refractivity contribution is -0.115. The molecule has 0 aliphatic carbocycles. The number of primary sulfonamides is 1. The van der Waals surface area contributed by atoms with E-state index in [9.17, 15) is 13.2 Å². The molecule has 8 heteroatoms. The largest absolute Gasteiger partial charge is 0.496 e. The zero-order chi connectivity index (χ0) is 17.7. The number of para-hydroxylation sites is 1. The molecule has 0 fully saturated rings. The molecule has 0 aromatic heterocycles. The molecule has 0 aliphatic heterocycles. The number of hydrogen-bond acceptors (Lipinski definition) is 5. The number of nitrogens with two attached hydrogens (primary N) is 1. The van der Waals surface area contributed by atoms with Crippen LogP contribution in [0.1, 0.15) is 5.56 Å². The average Bonchev–Trinajstić information content (AvgIpc) is 2.54. The van der Waals surface area contributed by atoms with Gasteiger partial charge in [-0.2, -0.15) is 0 Å². The Balaban J connectivity index is 2.25. The Bertz CT molecular complexity index is 849. The van der Waals surface area contributed by atoms with Crippen LogP contribution in [0.2, 0.25) is 0 Å². The van der Waals surface area contributed by atoms with E-state index in [0.717, 1.165) is 0 Å². The molecule has 0 unspecified atom stereocenters. The first-order valence-corrected chi connectivity index (χ1v) is 8.52. The smallest absolute Gasteiger partial charge is 0.238 e. The fraction of sp³-hybridized carbons (Fsp3) is 0.188. The van der Waals surface area contributed by atoms with Gasteiger partial charge in [0.15, 0.2) is 0 Å². The van der Waals surface area contributed by atoms with Gasteiger partial charge < -0.3 is 14.8 Å². The van der Waals surface area contributed by atoms with Crippen LogP contribution in [0, 0.1) is 0 Å². The third-order valence-electron chi connectivity index (χ3n) is 3.32. The molecule has 1 amide bonds. The molecule has 0 bridgehead atoms. The summed E-state index contributed by atoms with van der Waals surface area (Å²) in [6.45, 7) is 0. The summed E-state index contributed by atoms with van der Waals surface area (Å²) in [5, 5.41) is 7.75. The summed E-state index contributed by atoms with van der Waals surface area (Å²) in [5.41, 5.74) is 0.933. The van der Waals surface area contributed by atoms with E-state index in [0.29, 0.717) is 17.1 Å². The number of methoxy groups -OCH3 is 2. The van der Waals surface area contributed by atoms with E-state index >= 15 is 0 Å². The van der Waals surface area contributed by atoms with Crippen LogP contribution in [0.3, 0.4) is 0 Å². The van der Waals surface area contributed by atoms with Gasteiger partial charge in [0.1, 0.15) is 11.5 Å². The lowest BCUT2D eigenvalue weighted by atomic mass is 10.1. The molecule has 0 heterocycles. The molecular weight excluding hydrogens is 332 g/mol. The van der Waals surface area contributed by atoms with Gasteiger partial charge in [0.05, 0.1) is 31.2 Å². The summed E-state index contributed by atoms with van der Waals surface area (Å²) < 4.78 is 33.2. The first kappa shape index (κ1) is 17.8. The molecule has 0 saturated carbocycles. The molecule has 0 aliphatic rings. The van der Waals surface area contributed by atoms with Crippen LogP contribution in [0.4, 0.5) is 5.69 Å². The monoisotopic (exact) mass is 350 g/mol. The molecule has 0 atom stereocenters. The molecule has 3 N–H and O–H groups in total. The molecule has 2 aromatic rings. The zero-order valence-corrected chi connectivity index (χ0v) is 14.1. The highest BCUT2D eigenvalue weighted by Gasteiger charge is 2.15. The van der Waals surface area contributed by atoms with Crippen molar-refractivity contribution in [2.45, 2.75) is 11.3 Å². The van der Waals surface area contributed by atoms with Gasteiger partial charge in [-0.3, -0.25) is 4.79 Å². The Kier molecular flexibility index (Phi) is 5.42. The second-order valence-corrected chi connectivity index (χ2v) is 6.51. The highest BCUT2D eigenvalue weighted by atomic mass is 32.2. The number of carbonyl (C=O) groups is 1. The second-order valence-electron chi connectivity index (χ2n) is 4.94. The van der Waals surface area contributed by atoms with Crippen molar-refractivity contribution >= 4 is 21.6 Å². The van der Waals surface area contributed by atoms with Crippen LogP contribution in [-0.4, -0.2) is 28.5 Å². The van der Waals surface area contributed by atoms with Crippen molar-refractivity contribution in [2.24, 2.45) is 5.14 Å². The molecule has 0 spiro atoms. The highest BCUT2D eigenvalue weighted by molar-refractivity contribution is 7.89. The Labute approximate surface area is 140 Å². The predicted octanol–water partition coefficient (Wildman–Crippen LogP) is 1.53. The summed E-state index contributed by atoms with van der Waals surface area (Å²) in [6, 6.07) is 11.1. The van der Waals surface area contributed by atoms with Crippen molar-refractivity contribution in [1.82, 2.24) is 0 Å². The molecule has 0 saturated heterocycles. The number of sulfonamides is 1. The summed E-state index contributed by atoms with van der Waals surface area (Å²) in [6.07, 6.45) is 0.0623. The third-order valence-corrected chi connectivity index (χ3v) is 4.23. The standard InChI is InChI=1S/C16H18N2O5S/c1-22-14-6-4-3-5-11(14)9-16(19)18-13-10-12(24(17,20)21)7-8-15(13)23-2/h3-8,10H,9H2,1-2H3,(H,18,19)(H2,17,20,21). The van der Waals surface area contributed by atoms with E-state index in [4.69, 9.17) is 14.6 Å². The average molecular weight is 350 g/mol. The van der Waals surface area contributed by atoms with Crippen molar-refractivity contribution in [3.8, 4) is 11.5 Å². The lowest BCUT2D eigenvalue weighted by Gasteiger charge is -2.12. The van der Waals surface area contributed by atoms with E-state index in [-0.39, 0.29) is 22.9 Å². The first-order valence-electron chi connectivity index (χ1n) is 6.97. The second kappa shape index (κ2) is 7.33. The number of benzene rings is 2. The Morgan fingerprint density at radius 1 is 1.08 bits per heavy atom. The minimum absolute atomic E-state index is 0.0623. The molecular formula is C16H18N2O5S. The topological polar surface area (TPSA) is 108 Å². The van der Waals surface area contributed by atoms with Gasteiger partial charge in [-0.1, -0.05) is 18.2 Å². The van der Waals surface area contributed by atoms with E-state index in [1.807, 2.05) is 0 Å². The number of nitrogens with one attached hydrogen (secondary N) is 1. The number of ether oxygens (including phenoxy) is 2. The molecule has 128 valence electrons. The van der Waals surface area contributed by atoms with E-state index in [2.05, 4.69) is 5.32 Å². The summed E-state index contributed by atoms with van der Waals surface area (Å²) in [7, 11) is -0.941. The van der Waals surface area contributed by atoms with Crippen molar-refractivity contribution in [3.05, 3.63) is 48.0 Å². The van der Waals surface area contributed by atoms with Gasteiger partial charge >= 0.3 is 0 Å². The minimum atomic E-state index is -3.88. The molecule has 7 nitrogen and oxygen atoms in total. The number of hydrogen-bond donors (Lipinski definition) is 2. The number of anilines is 1. The van der Waals surface area contributed by atoms with Crippen molar-refractivity contribution in [2.75, 3.05) is 19.5 Å². The summed E-state index contributed by atoms with van der Waals surface area (Å²) >= 11 is 0. The Morgan fingerprint density at radius 2 is 1.75 bits per heavy atom. The van der Waals surface area contributed by atoms with Crippen LogP contribution in [0.25, 0.3) is 0 Å². The SMILES string of the molecule is COc1ccccc1CC(=O)Nc1cc(S(N)(=O)=O)ccc1OC. The van der Waals surface area contributed by atoms with Crippen LogP contribution < -0.4 is 19.9 Å². The van der Waals surface area contributed by atoms with Gasteiger partial charge in [0.25, 0.3) is 0 Å². The fourth-order valence-electron chi connectivity index (χ4n) is 2.18. The van der Waals surface area contributed by atoms with Gasteiger partial charge in [-0.05, 0) is 24.3 Å². The van der Waals surface area contributed by atoms with Crippen LogP contribution >= 0.6 is 0 Å². The maximum atomic E-state index is 12.3. The quantitative estimate of drug-likeness (QED) is 0.821. The number of carbonyl (C=O) groups excluding carboxylic acids is 1. The Hall–Kier alpha value is -2.58. The van der Waals surface area contributed by atoms with E-state index in [1.165, 1.54) is 32.4 Å². The summed E-state index contributed by atoms with van der Waals surface area (Å²) in [5.74, 6) is 0.582. The lowest BCUT2D eigenvalue weighted by Crippen LogP contribution is -2.17. The molecule has 2 aromatic carbocycles. The van der Waals surface area contributed by atoms with Gasteiger partial charge in [0, 0.05) is 5.56 Å². The van der Waals surface area contributed by atoms with Gasteiger partial charge in [-0.25, -0.2) is 13.6 Å².